The highest BCUT2D eigenvalue weighted by molar-refractivity contribution is 6.02. The molecule has 18 heteroatoms. The molecule has 400 valence electrons. The van der Waals surface area contributed by atoms with Crippen molar-refractivity contribution in [3.05, 3.63) is 108 Å². The lowest BCUT2D eigenvalue weighted by Crippen LogP contribution is -2.58. The molecule has 5 aliphatic rings. The SMILES string of the molecule is CC.N#Cc1cccc2[nH]c(-c3ccccc3OC3(C(F)(F)F)CCN(C(=O)[C@H]4CC(=O)Nc5ccc(OCCNC(=O)C6CCN(CC7CCN(c8ccc(C9CCC(=O)NC9=O)cc8)CC7)CC6)cc54)CC3)cc12. The summed E-state index contributed by atoms with van der Waals surface area (Å²) in [5, 5.41) is 18.5. The van der Waals surface area contributed by atoms with Gasteiger partial charge in [0.25, 0.3) is 0 Å². The Balaban J connectivity index is 0.00000349. The van der Waals surface area contributed by atoms with Crippen LogP contribution in [-0.4, -0.2) is 115 Å². The maximum Gasteiger partial charge on any atom is 0.428 e. The third-order valence-corrected chi connectivity index (χ3v) is 15.7. The molecule has 15 nitrogen and oxygen atoms in total. The third-order valence-electron chi connectivity index (χ3n) is 15.7. The van der Waals surface area contributed by atoms with Crippen molar-refractivity contribution in [3.8, 4) is 28.8 Å². The number of ether oxygens (including phenoxy) is 2. The van der Waals surface area contributed by atoms with Gasteiger partial charge >= 0.3 is 6.18 Å². The van der Waals surface area contributed by atoms with Gasteiger partial charge in [-0.2, -0.15) is 18.4 Å². The first-order chi connectivity index (χ1) is 36.7. The van der Waals surface area contributed by atoms with E-state index in [4.69, 9.17) is 9.47 Å². The minimum Gasteiger partial charge on any atom is -0.492 e. The van der Waals surface area contributed by atoms with Crippen LogP contribution in [0.15, 0.2) is 91.0 Å². The number of aromatic nitrogens is 1. The highest BCUT2D eigenvalue weighted by atomic mass is 19.4. The Morgan fingerprint density at radius 3 is 2.28 bits per heavy atom. The molecule has 1 aromatic heterocycles. The minimum absolute atomic E-state index is 0.0107. The molecule has 1 unspecified atom stereocenters. The summed E-state index contributed by atoms with van der Waals surface area (Å²) >= 11 is 0. The van der Waals surface area contributed by atoms with Crippen LogP contribution < -0.4 is 30.3 Å². The Bertz CT molecular complexity index is 2970. The van der Waals surface area contributed by atoms with Crippen LogP contribution in [0.2, 0.25) is 0 Å². The summed E-state index contributed by atoms with van der Waals surface area (Å²) in [6, 6.07) is 28.6. The molecule has 10 rings (SSSR count). The number of aromatic amines is 1. The Labute approximate surface area is 440 Å². The van der Waals surface area contributed by atoms with Gasteiger partial charge < -0.3 is 39.8 Å². The van der Waals surface area contributed by atoms with Crippen LogP contribution in [0.3, 0.4) is 0 Å². The number of nitriles is 1. The number of imide groups is 1. The molecule has 0 spiro atoms. The summed E-state index contributed by atoms with van der Waals surface area (Å²) in [4.78, 5) is 73.6. The molecule has 76 heavy (non-hydrogen) atoms. The fraction of sp³-hybridized carbons (Fsp3) is 0.448. The van der Waals surface area contributed by atoms with Crippen LogP contribution in [-0.2, 0) is 24.0 Å². The van der Waals surface area contributed by atoms with Crippen LogP contribution in [0.1, 0.15) is 100 Å². The number of hydrogen-bond donors (Lipinski definition) is 4. The number of anilines is 2. The number of nitrogens with zero attached hydrogens (tertiary/aromatic N) is 4. The number of piperidine rings is 4. The Kier molecular flexibility index (Phi) is 16.3. The first-order valence-corrected chi connectivity index (χ1v) is 26.7. The number of halogens is 3. The second-order valence-electron chi connectivity index (χ2n) is 20.3. The van der Waals surface area contributed by atoms with Gasteiger partial charge in [0.15, 0.2) is 0 Å². The summed E-state index contributed by atoms with van der Waals surface area (Å²) in [5.74, 6) is -1.62. The van der Waals surface area contributed by atoms with Crippen molar-refractivity contribution >= 4 is 51.8 Å². The van der Waals surface area contributed by atoms with E-state index < -0.39 is 36.4 Å². The van der Waals surface area contributed by atoms with E-state index in [9.17, 15) is 29.2 Å². The van der Waals surface area contributed by atoms with Crippen molar-refractivity contribution in [1.82, 2.24) is 25.4 Å². The molecule has 4 aromatic carbocycles. The Morgan fingerprint density at radius 2 is 1.57 bits per heavy atom. The molecule has 0 saturated carbocycles. The Hall–Kier alpha value is -7.39. The fourth-order valence-electron chi connectivity index (χ4n) is 11.4. The number of para-hydroxylation sites is 1. The molecule has 5 aromatic rings. The van der Waals surface area contributed by atoms with Gasteiger partial charge in [0, 0.05) is 92.2 Å². The van der Waals surface area contributed by atoms with Gasteiger partial charge in [-0.1, -0.05) is 44.2 Å². The summed E-state index contributed by atoms with van der Waals surface area (Å²) in [6.45, 7) is 8.52. The largest absolute Gasteiger partial charge is 0.492 e. The predicted molar refractivity (Wildman–Crippen MR) is 282 cm³/mol. The van der Waals surface area contributed by atoms with Crippen molar-refractivity contribution < 1.29 is 46.6 Å². The molecule has 2 atom stereocenters. The highest BCUT2D eigenvalue weighted by Crippen LogP contribution is 2.46. The van der Waals surface area contributed by atoms with E-state index in [1.54, 1.807) is 60.7 Å². The molecular weight excluding hydrogens is 978 g/mol. The maximum atomic E-state index is 15.1. The zero-order chi connectivity index (χ0) is 53.6. The van der Waals surface area contributed by atoms with Crippen molar-refractivity contribution in [1.29, 1.82) is 5.26 Å². The lowest BCUT2D eigenvalue weighted by atomic mass is 9.86. The van der Waals surface area contributed by atoms with Crippen LogP contribution in [0.5, 0.6) is 11.5 Å². The zero-order valence-corrected chi connectivity index (χ0v) is 43.0. The van der Waals surface area contributed by atoms with E-state index in [2.05, 4.69) is 48.9 Å². The number of carbonyl (C=O) groups excluding carboxylic acids is 5. The van der Waals surface area contributed by atoms with Gasteiger partial charge in [0.1, 0.15) is 18.1 Å². The third kappa shape index (κ3) is 11.7. The molecule has 5 aliphatic heterocycles. The van der Waals surface area contributed by atoms with Gasteiger partial charge in [-0.05, 0) is 123 Å². The van der Waals surface area contributed by atoms with Crippen molar-refractivity contribution in [2.75, 3.05) is 69.2 Å². The molecule has 0 bridgehead atoms. The number of carbonyl (C=O) groups is 5. The standard InChI is InChI=1S/C56H59F3N8O7.C2H6/c57-56(58,59)55(74-49-7-2-1-5-42(49)48-31-43-38(33-60)4-3-6-46(43)62-48)20-27-67(28-21-55)54(72)45-32-51(69)63-47-14-12-40(30-44(45)47)73-29-22-61-52(70)37-18-23-65(24-19-37)34-35-16-25-66(26-17-35)39-10-8-36(9-11-39)41-13-15-50(68)64-53(41)71;1-2/h1-12,14,30-31,35,37,41,45,62H,13,15-29,32,34H2,(H,61,70)(H,63,69)(H,64,68,71);1-2H3/t41?,45-;/m0./s1. The summed E-state index contributed by atoms with van der Waals surface area (Å²) in [7, 11) is 0. The first-order valence-electron chi connectivity index (χ1n) is 26.7. The molecular formula is C58H65F3N8O7. The normalized spacial score (nSPS) is 20.3. The van der Waals surface area contributed by atoms with E-state index in [0.717, 1.165) is 69.7 Å². The summed E-state index contributed by atoms with van der Waals surface area (Å²) < 4.78 is 57.4. The van der Waals surface area contributed by atoms with Gasteiger partial charge in [0.05, 0.1) is 35.7 Å². The second-order valence-corrected chi connectivity index (χ2v) is 20.3. The zero-order valence-electron chi connectivity index (χ0n) is 43.0. The van der Waals surface area contributed by atoms with Gasteiger partial charge in [0.2, 0.25) is 35.1 Å². The molecule has 4 fully saturated rings. The van der Waals surface area contributed by atoms with E-state index in [0.29, 0.717) is 63.5 Å². The van der Waals surface area contributed by atoms with Crippen LogP contribution in [0.4, 0.5) is 24.5 Å². The lowest BCUT2D eigenvalue weighted by Gasteiger charge is -2.43. The quantitative estimate of drug-likeness (QED) is 0.0655. The van der Waals surface area contributed by atoms with Gasteiger partial charge in [-0.25, -0.2) is 0 Å². The molecule has 0 aliphatic carbocycles. The number of nitrogens with one attached hydrogen (secondary N) is 4. The fourth-order valence-corrected chi connectivity index (χ4v) is 11.4. The monoisotopic (exact) mass is 1040 g/mol. The predicted octanol–water partition coefficient (Wildman–Crippen LogP) is 8.80. The van der Waals surface area contributed by atoms with Crippen LogP contribution in [0.25, 0.3) is 22.2 Å². The van der Waals surface area contributed by atoms with Crippen molar-refractivity contribution in [3.63, 3.8) is 0 Å². The number of H-pyrrole nitrogens is 1. The number of rotatable bonds is 13. The van der Waals surface area contributed by atoms with Crippen LogP contribution >= 0.6 is 0 Å². The summed E-state index contributed by atoms with van der Waals surface area (Å²) in [5.41, 5.74) is 2.38. The van der Waals surface area contributed by atoms with E-state index in [1.165, 1.54) is 11.0 Å². The number of alkyl halides is 3. The average Bonchev–Trinajstić information content (AvgIpc) is 3.88. The topological polar surface area (TPSA) is 189 Å². The second kappa shape index (κ2) is 23.2. The number of fused-ring (bicyclic) bond motifs is 2. The summed E-state index contributed by atoms with van der Waals surface area (Å²) in [6.07, 6.45) is -1.45. The Morgan fingerprint density at radius 1 is 0.829 bits per heavy atom. The average molecular weight is 1040 g/mol. The molecule has 4 N–H and O–H groups in total. The maximum absolute atomic E-state index is 15.1. The number of likely N-dealkylation sites (tertiary alicyclic amines) is 2. The number of amides is 5. The molecule has 6 heterocycles. The van der Waals surface area contributed by atoms with E-state index in [-0.39, 0.29) is 73.9 Å². The number of hydrogen-bond acceptors (Lipinski definition) is 10. The first kappa shape index (κ1) is 53.4. The lowest BCUT2D eigenvalue weighted by molar-refractivity contribution is -0.260. The molecule has 0 radical (unpaired) electrons. The van der Waals surface area contributed by atoms with Gasteiger partial charge in [-0.15, -0.1) is 0 Å². The molecule has 4 saturated heterocycles. The smallest absolute Gasteiger partial charge is 0.428 e. The van der Waals surface area contributed by atoms with E-state index in [1.807, 2.05) is 26.0 Å². The van der Waals surface area contributed by atoms with Crippen molar-refractivity contribution in [2.24, 2.45) is 11.8 Å². The minimum atomic E-state index is -4.79. The van der Waals surface area contributed by atoms with Crippen LogP contribution in [0, 0.1) is 23.2 Å². The van der Waals surface area contributed by atoms with E-state index >= 15 is 13.2 Å². The van der Waals surface area contributed by atoms with Crippen molar-refractivity contribution in [2.45, 2.75) is 95.2 Å². The highest BCUT2D eigenvalue weighted by Gasteiger charge is 2.59. The molecule has 5 amide bonds. The van der Waals surface area contributed by atoms with Gasteiger partial charge in [-0.3, -0.25) is 29.3 Å². The number of benzene rings is 4.